The van der Waals surface area contributed by atoms with Gasteiger partial charge < -0.3 is 14.6 Å². The van der Waals surface area contributed by atoms with Crippen molar-refractivity contribution in [3.8, 4) is 0 Å². The van der Waals surface area contributed by atoms with Gasteiger partial charge in [0, 0.05) is 39.8 Å². The van der Waals surface area contributed by atoms with E-state index in [1.807, 2.05) is 0 Å². The summed E-state index contributed by atoms with van der Waals surface area (Å²) in [5, 5.41) is 3.21. The molecule has 1 N–H and O–H groups in total. The Kier molecular flexibility index (Phi) is 6.42. The van der Waals surface area contributed by atoms with E-state index in [-0.39, 0.29) is 34.7 Å². The highest BCUT2D eigenvalue weighted by molar-refractivity contribution is 7.89. The molecule has 1 aromatic heterocycles. The molecule has 0 bridgehead atoms. The highest BCUT2D eigenvalue weighted by Gasteiger charge is 2.28. The predicted octanol–water partition coefficient (Wildman–Crippen LogP) is 0.696. The van der Waals surface area contributed by atoms with Gasteiger partial charge in [0.1, 0.15) is 10.7 Å². The van der Waals surface area contributed by atoms with Crippen LogP contribution in [0.4, 0.5) is 0 Å². The van der Waals surface area contributed by atoms with E-state index in [1.165, 1.54) is 20.2 Å². The molecule has 1 aliphatic rings. The SMILES string of the molecule is Cc1oc(C(=O)N2CCCNCC2)cc1S(=O)(=O)N(C)C.Cl. The smallest absolute Gasteiger partial charge is 0.289 e. The lowest BCUT2D eigenvalue weighted by Crippen LogP contribution is -2.34. The fraction of sp³-hybridized carbons (Fsp3) is 0.615. The standard InChI is InChI=1S/C13H21N3O4S.ClH/c1-10-12(21(18,19)15(2)3)9-11(20-10)13(17)16-7-4-5-14-6-8-16;/h9,14H,4-8H2,1-3H3;1H. The number of sulfonamides is 1. The van der Waals surface area contributed by atoms with Gasteiger partial charge in [0.2, 0.25) is 10.0 Å². The third kappa shape index (κ3) is 3.81. The van der Waals surface area contributed by atoms with Crippen molar-refractivity contribution in [3.63, 3.8) is 0 Å². The van der Waals surface area contributed by atoms with E-state index in [4.69, 9.17) is 4.42 Å². The number of amides is 1. The normalized spacial score (nSPS) is 16.3. The number of halogens is 1. The first-order valence-electron chi connectivity index (χ1n) is 6.87. The van der Waals surface area contributed by atoms with Gasteiger partial charge in [-0.3, -0.25) is 4.79 Å². The van der Waals surface area contributed by atoms with Crippen molar-refractivity contribution in [2.45, 2.75) is 18.2 Å². The maximum absolute atomic E-state index is 12.4. The Morgan fingerprint density at radius 1 is 1.32 bits per heavy atom. The molecule has 1 amide bonds. The highest BCUT2D eigenvalue weighted by atomic mass is 35.5. The van der Waals surface area contributed by atoms with Crippen LogP contribution in [0.15, 0.2) is 15.4 Å². The molecule has 1 aliphatic heterocycles. The van der Waals surface area contributed by atoms with Crippen molar-refractivity contribution in [1.29, 1.82) is 0 Å². The van der Waals surface area contributed by atoms with Crippen molar-refractivity contribution in [1.82, 2.24) is 14.5 Å². The van der Waals surface area contributed by atoms with E-state index in [1.54, 1.807) is 11.8 Å². The summed E-state index contributed by atoms with van der Waals surface area (Å²) in [4.78, 5) is 14.1. The largest absolute Gasteiger partial charge is 0.455 e. The van der Waals surface area contributed by atoms with Gasteiger partial charge in [0.15, 0.2) is 5.76 Å². The van der Waals surface area contributed by atoms with Gasteiger partial charge in [0.05, 0.1) is 0 Å². The van der Waals surface area contributed by atoms with Gasteiger partial charge in [-0.05, 0) is 19.9 Å². The van der Waals surface area contributed by atoms with Gasteiger partial charge in [-0.25, -0.2) is 12.7 Å². The van der Waals surface area contributed by atoms with Gasteiger partial charge in [-0.15, -0.1) is 12.4 Å². The summed E-state index contributed by atoms with van der Waals surface area (Å²) in [6.07, 6.45) is 0.869. The number of carbonyl (C=O) groups excluding carboxylic acids is 1. The number of aryl methyl sites for hydroxylation is 1. The number of hydrogen-bond acceptors (Lipinski definition) is 5. The Labute approximate surface area is 137 Å². The number of carbonyl (C=O) groups is 1. The molecule has 0 aromatic carbocycles. The zero-order valence-corrected chi connectivity index (χ0v) is 14.6. The summed E-state index contributed by atoms with van der Waals surface area (Å²) in [6, 6.07) is 1.32. The van der Waals surface area contributed by atoms with Crippen LogP contribution in [0.5, 0.6) is 0 Å². The maximum Gasteiger partial charge on any atom is 0.289 e. The third-order valence-electron chi connectivity index (χ3n) is 3.47. The van der Waals surface area contributed by atoms with Gasteiger partial charge >= 0.3 is 0 Å². The van der Waals surface area contributed by atoms with Crippen molar-refractivity contribution < 1.29 is 17.6 Å². The Morgan fingerprint density at radius 3 is 2.64 bits per heavy atom. The number of nitrogens with one attached hydrogen (secondary N) is 1. The van der Waals surface area contributed by atoms with Crippen LogP contribution in [-0.2, 0) is 10.0 Å². The van der Waals surface area contributed by atoms with Crippen LogP contribution in [0.2, 0.25) is 0 Å². The first-order chi connectivity index (χ1) is 9.84. The summed E-state index contributed by atoms with van der Waals surface area (Å²) < 4.78 is 30.8. The molecule has 0 radical (unpaired) electrons. The summed E-state index contributed by atoms with van der Waals surface area (Å²) in [7, 11) is -0.705. The van der Waals surface area contributed by atoms with Gasteiger partial charge in [-0.2, -0.15) is 0 Å². The first-order valence-corrected chi connectivity index (χ1v) is 8.31. The lowest BCUT2D eigenvalue weighted by Gasteiger charge is -2.18. The van der Waals surface area contributed by atoms with Crippen molar-refractivity contribution in [3.05, 3.63) is 17.6 Å². The zero-order chi connectivity index (χ0) is 15.6. The molecule has 1 fully saturated rings. The molecular weight excluding hydrogens is 330 g/mol. The fourth-order valence-corrected chi connectivity index (χ4v) is 3.28. The molecule has 0 unspecified atom stereocenters. The summed E-state index contributed by atoms with van der Waals surface area (Å²) >= 11 is 0. The first kappa shape index (κ1) is 19.0. The lowest BCUT2D eigenvalue weighted by molar-refractivity contribution is 0.0733. The van der Waals surface area contributed by atoms with E-state index in [0.717, 1.165) is 23.8 Å². The molecule has 9 heteroatoms. The Morgan fingerprint density at radius 2 is 2.00 bits per heavy atom. The monoisotopic (exact) mass is 351 g/mol. The molecule has 2 rings (SSSR count). The quantitative estimate of drug-likeness (QED) is 0.866. The average Bonchev–Trinajstić information content (AvgIpc) is 2.64. The minimum Gasteiger partial charge on any atom is -0.455 e. The van der Waals surface area contributed by atoms with Crippen LogP contribution < -0.4 is 5.32 Å². The second-order valence-electron chi connectivity index (χ2n) is 5.21. The van der Waals surface area contributed by atoms with E-state index in [2.05, 4.69) is 5.32 Å². The van der Waals surface area contributed by atoms with Crippen LogP contribution >= 0.6 is 12.4 Å². The Balaban J connectivity index is 0.00000242. The molecule has 1 aromatic rings. The summed E-state index contributed by atoms with van der Waals surface area (Å²) in [6.45, 7) is 4.39. The van der Waals surface area contributed by atoms with Crippen molar-refractivity contribution in [2.24, 2.45) is 0 Å². The van der Waals surface area contributed by atoms with E-state index >= 15 is 0 Å². The summed E-state index contributed by atoms with van der Waals surface area (Å²) in [5.41, 5.74) is 0. The molecule has 7 nitrogen and oxygen atoms in total. The minimum absolute atomic E-state index is 0. The fourth-order valence-electron chi connectivity index (χ4n) is 2.23. The molecule has 0 aliphatic carbocycles. The Bertz CT molecular complexity index is 619. The molecule has 22 heavy (non-hydrogen) atoms. The van der Waals surface area contributed by atoms with Crippen LogP contribution in [0.1, 0.15) is 22.7 Å². The topological polar surface area (TPSA) is 82.9 Å². The molecule has 2 heterocycles. The van der Waals surface area contributed by atoms with Crippen LogP contribution in [0, 0.1) is 6.92 Å². The average molecular weight is 352 g/mol. The van der Waals surface area contributed by atoms with Gasteiger partial charge in [-0.1, -0.05) is 0 Å². The highest BCUT2D eigenvalue weighted by Crippen LogP contribution is 2.23. The molecule has 0 atom stereocenters. The predicted molar refractivity (Wildman–Crippen MR) is 85.0 cm³/mol. The van der Waals surface area contributed by atoms with E-state index < -0.39 is 10.0 Å². The third-order valence-corrected chi connectivity index (χ3v) is 5.39. The van der Waals surface area contributed by atoms with Crippen LogP contribution in [0.3, 0.4) is 0 Å². The van der Waals surface area contributed by atoms with Crippen molar-refractivity contribution >= 4 is 28.3 Å². The number of nitrogens with zero attached hydrogens (tertiary/aromatic N) is 2. The zero-order valence-electron chi connectivity index (χ0n) is 13.0. The van der Waals surface area contributed by atoms with Crippen LogP contribution in [-0.4, -0.2) is 63.8 Å². The van der Waals surface area contributed by atoms with Gasteiger partial charge in [0.25, 0.3) is 5.91 Å². The molecule has 1 saturated heterocycles. The van der Waals surface area contributed by atoms with E-state index in [9.17, 15) is 13.2 Å². The molecular formula is C13H22ClN3O4S. The maximum atomic E-state index is 12.4. The molecule has 0 saturated carbocycles. The molecule has 0 spiro atoms. The number of rotatable bonds is 3. The van der Waals surface area contributed by atoms with E-state index in [0.29, 0.717) is 13.1 Å². The van der Waals surface area contributed by atoms with Crippen LogP contribution in [0.25, 0.3) is 0 Å². The second-order valence-corrected chi connectivity index (χ2v) is 7.33. The number of hydrogen-bond donors (Lipinski definition) is 1. The summed E-state index contributed by atoms with van der Waals surface area (Å²) in [5.74, 6) is 0.0526. The minimum atomic E-state index is -3.60. The molecule has 126 valence electrons. The lowest BCUT2D eigenvalue weighted by atomic mass is 10.3. The Hall–Kier alpha value is -1.09. The second kappa shape index (κ2) is 7.45. The number of furan rings is 1. The van der Waals surface area contributed by atoms with Crippen molar-refractivity contribution in [2.75, 3.05) is 40.3 Å².